The standard InChI is InChI=1S/C17H21N5O3S2/c23-16(14-10-18-7-8-19-14)21-17-20-13-6-9-22(11-15(13)26-17)27(24,25)12-4-2-1-3-5-12/h7-8,10,12H,1-6,9,11H2,(H,20,21,23). The molecule has 1 aliphatic carbocycles. The lowest BCUT2D eigenvalue weighted by Crippen LogP contribution is -2.42. The number of carbonyl (C=O) groups excluding carboxylic acids is 1. The number of hydrogen-bond acceptors (Lipinski definition) is 7. The van der Waals surface area contributed by atoms with Gasteiger partial charge in [0.1, 0.15) is 5.69 Å². The molecular weight excluding hydrogens is 386 g/mol. The van der Waals surface area contributed by atoms with Gasteiger partial charge in [-0.25, -0.2) is 18.4 Å². The van der Waals surface area contributed by atoms with Crippen LogP contribution in [-0.2, 0) is 23.0 Å². The van der Waals surface area contributed by atoms with Crippen LogP contribution in [0.1, 0.15) is 53.2 Å². The van der Waals surface area contributed by atoms with Crippen LogP contribution < -0.4 is 5.32 Å². The number of hydrogen-bond donors (Lipinski definition) is 1. The summed E-state index contributed by atoms with van der Waals surface area (Å²) in [4.78, 5) is 25.4. The van der Waals surface area contributed by atoms with E-state index < -0.39 is 10.0 Å². The average molecular weight is 408 g/mol. The Morgan fingerprint density at radius 3 is 2.78 bits per heavy atom. The highest BCUT2D eigenvalue weighted by atomic mass is 32.2. The Morgan fingerprint density at radius 1 is 1.22 bits per heavy atom. The minimum atomic E-state index is -3.28. The summed E-state index contributed by atoms with van der Waals surface area (Å²) in [6, 6.07) is 0. The summed E-state index contributed by atoms with van der Waals surface area (Å²) in [6.07, 6.45) is 9.53. The van der Waals surface area contributed by atoms with Gasteiger partial charge < -0.3 is 0 Å². The maximum Gasteiger partial charge on any atom is 0.277 e. The van der Waals surface area contributed by atoms with E-state index in [0.717, 1.165) is 42.7 Å². The van der Waals surface area contributed by atoms with Gasteiger partial charge in [0.05, 0.1) is 17.1 Å². The molecule has 27 heavy (non-hydrogen) atoms. The third kappa shape index (κ3) is 3.87. The van der Waals surface area contributed by atoms with E-state index in [4.69, 9.17) is 0 Å². The number of nitrogens with zero attached hydrogens (tertiary/aromatic N) is 4. The lowest BCUT2D eigenvalue weighted by Gasteiger charge is -2.31. The number of rotatable bonds is 4. The number of fused-ring (bicyclic) bond motifs is 1. The fourth-order valence-corrected chi connectivity index (χ4v) is 6.70. The predicted octanol–water partition coefficient (Wildman–Crippen LogP) is 2.21. The lowest BCUT2D eigenvalue weighted by atomic mass is 10.0. The van der Waals surface area contributed by atoms with Crippen LogP contribution in [0.3, 0.4) is 0 Å². The zero-order chi connectivity index (χ0) is 18.9. The van der Waals surface area contributed by atoms with Gasteiger partial charge in [0, 0.05) is 36.8 Å². The Kier molecular flexibility index (Phi) is 5.20. The van der Waals surface area contributed by atoms with E-state index in [0.29, 0.717) is 24.6 Å². The molecular formula is C17H21N5O3S2. The number of amides is 1. The van der Waals surface area contributed by atoms with Crippen molar-refractivity contribution < 1.29 is 13.2 Å². The molecule has 0 unspecified atom stereocenters. The third-order valence-electron chi connectivity index (χ3n) is 5.05. The molecule has 144 valence electrons. The Labute approximate surface area is 162 Å². The van der Waals surface area contributed by atoms with Crippen molar-refractivity contribution in [3.63, 3.8) is 0 Å². The monoisotopic (exact) mass is 407 g/mol. The van der Waals surface area contributed by atoms with Gasteiger partial charge in [-0.1, -0.05) is 19.3 Å². The topological polar surface area (TPSA) is 105 Å². The summed E-state index contributed by atoms with van der Waals surface area (Å²) >= 11 is 1.33. The normalized spacial score (nSPS) is 18.8. The van der Waals surface area contributed by atoms with Gasteiger partial charge in [-0.2, -0.15) is 4.31 Å². The van der Waals surface area contributed by atoms with Crippen molar-refractivity contribution in [2.24, 2.45) is 0 Å². The molecule has 2 aliphatic rings. The molecule has 1 N–H and O–H groups in total. The fourth-order valence-electron chi connectivity index (χ4n) is 3.59. The summed E-state index contributed by atoms with van der Waals surface area (Å²) in [7, 11) is -3.28. The Bertz CT molecular complexity index is 923. The highest BCUT2D eigenvalue weighted by molar-refractivity contribution is 7.89. The van der Waals surface area contributed by atoms with Crippen molar-refractivity contribution in [1.82, 2.24) is 19.3 Å². The molecule has 0 radical (unpaired) electrons. The second-order valence-electron chi connectivity index (χ2n) is 6.82. The first-order valence-electron chi connectivity index (χ1n) is 9.09. The second kappa shape index (κ2) is 7.61. The molecule has 8 nitrogen and oxygen atoms in total. The average Bonchev–Trinajstić information content (AvgIpc) is 3.10. The fraction of sp³-hybridized carbons (Fsp3) is 0.529. The van der Waals surface area contributed by atoms with E-state index in [1.807, 2.05) is 0 Å². The number of sulfonamides is 1. The lowest BCUT2D eigenvalue weighted by molar-refractivity contribution is 0.102. The molecule has 2 aromatic rings. The summed E-state index contributed by atoms with van der Waals surface area (Å²) in [5.41, 5.74) is 1.08. The summed E-state index contributed by atoms with van der Waals surface area (Å²) in [5.74, 6) is -0.374. The SMILES string of the molecule is O=C(Nc1nc2c(s1)CN(S(=O)(=O)C1CCCCC1)CC2)c1cnccn1. The summed E-state index contributed by atoms with van der Waals surface area (Å²) < 4.78 is 27.5. The van der Waals surface area contributed by atoms with E-state index >= 15 is 0 Å². The molecule has 0 saturated heterocycles. The first-order valence-corrected chi connectivity index (χ1v) is 11.4. The van der Waals surface area contributed by atoms with Crippen molar-refractivity contribution in [1.29, 1.82) is 0 Å². The maximum atomic E-state index is 12.9. The highest BCUT2D eigenvalue weighted by Crippen LogP contribution is 2.33. The van der Waals surface area contributed by atoms with E-state index in [2.05, 4.69) is 20.3 Å². The zero-order valence-electron chi connectivity index (χ0n) is 14.8. The van der Waals surface area contributed by atoms with E-state index in [1.165, 1.54) is 29.9 Å². The number of thiazole rings is 1. The summed E-state index contributed by atoms with van der Waals surface area (Å²) in [5, 5.41) is 2.94. The predicted molar refractivity (Wildman–Crippen MR) is 102 cm³/mol. The third-order valence-corrected chi connectivity index (χ3v) is 8.39. The summed E-state index contributed by atoms with van der Waals surface area (Å²) in [6.45, 7) is 0.792. The largest absolute Gasteiger partial charge is 0.296 e. The Morgan fingerprint density at radius 2 is 2.04 bits per heavy atom. The van der Waals surface area contributed by atoms with Crippen LogP contribution in [0.4, 0.5) is 5.13 Å². The van der Waals surface area contributed by atoms with Crippen molar-refractivity contribution >= 4 is 32.4 Å². The number of aromatic nitrogens is 3. The minimum Gasteiger partial charge on any atom is -0.296 e. The van der Waals surface area contributed by atoms with Gasteiger partial charge in [0.15, 0.2) is 5.13 Å². The highest BCUT2D eigenvalue weighted by Gasteiger charge is 2.35. The van der Waals surface area contributed by atoms with E-state index in [-0.39, 0.29) is 16.9 Å². The first-order chi connectivity index (χ1) is 13.0. The number of nitrogens with one attached hydrogen (secondary N) is 1. The molecule has 10 heteroatoms. The Balaban J connectivity index is 1.47. The molecule has 0 aromatic carbocycles. The van der Waals surface area contributed by atoms with E-state index in [9.17, 15) is 13.2 Å². The van der Waals surface area contributed by atoms with Crippen LogP contribution in [0.15, 0.2) is 18.6 Å². The molecule has 2 aromatic heterocycles. The van der Waals surface area contributed by atoms with Crippen LogP contribution in [0.5, 0.6) is 0 Å². The van der Waals surface area contributed by atoms with Crippen molar-refractivity contribution in [2.75, 3.05) is 11.9 Å². The van der Waals surface area contributed by atoms with Gasteiger partial charge in [-0.05, 0) is 12.8 Å². The minimum absolute atomic E-state index is 0.215. The van der Waals surface area contributed by atoms with Crippen LogP contribution in [0.25, 0.3) is 0 Å². The second-order valence-corrected chi connectivity index (χ2v) is 10.1. The molecule has 0 spiro atoms. The Hall–Kier alpha value is -1.91. The van der Waals surface area contributed by atoms with Crippen LogP contribution in [0, 0.1) is 0 Å². The number of anilines is 1. The zero-order valence-corrected chi connectivity index (χ0v) is 16.4. The molecule has 0 bridgehead atoms. The first kappa shape index (κ1) is 18.5. The molecule has 0 atom stereocenters. The van der Waals surface area contributed by atoms with Crippen LogP contribution >= 0.6 is 11.3 Å². The van der Waals surface area contributed by atoms with Crippen molar-refractivity contribution in [3.8, 4) is 0 Å². The van der Waals surface area contributed by atoms with Crippen molar-refractivity contribution in [3.05, 3.63) is 34.9 Å². The maximum absolute atomic E-state index is 12.9. The molecule has 1 saturated carbocycles. The van der Waals surface area contributed by atoms with Gasteiger partial charge in [-0.3, -0.25) is 15.1 Å². The van der Waals surface area contributed by atoms with E-state index in [1.54, 1.807) is 4.31 Å². The molecule has 1 fully saturated rings. The smallest absolute Gasteiger partial charge is 0.277 e. The van der Waals surface area contributed by atoms with Crippen LogP contribution in [-0.4, -0.2) is 45.4 Å². The van der Waals surface area contributed by atoms with Crippen LogP contribution in [0.2, 0.25) is 0 Å². The molecule has 1 aliphatic heterocycles. The molecule has 1 amide bonds. The number of carbonyl (C=O) groups is 1. The van der Waals surface area contributed by atoms with Gasteiger partial charge in [0.25, 0.3) is 5.91 Å². The van der Waals surface area contributed by atoms with Crippen molar-refractivity contribution in [2.45, 2.75) is 50.3 Å². The van der Waals surface area contributed by atoms with Gasteiger partial charge in [-0.15, -0.1) is 11.3 Å². The quantitative estimate of drug-likeness (QED) is 0.833. The van der Waals surface area contributed by atoms with Gasteiger partial charge in [0.2, 0.25) is 10.0 Å². The molecule has 3 heterocycles. The van der Waals surface area contributed by atoms with Gasteiger partial charge >= 0.3 is 0 Å². The molecule has 4 rings (SSSR count).